The van der Waals surface area contributed by atoms with E-state index in [0.717, 1.165) is 30.4 Å². The average Bonchev–Trinajstić information content (AvgIpc) is 2.80. The van der Waals surface area contributed by atoms with Gasteiger partial charge in [0.05, 0.1) is 12.8 Å². The monoisotopic (exact) mass is 452 g/mol. The first-order valence-electron chi connectivity index (χ1n) is 11.5. The Balaban J connectivity index is 1.87. The number of carbonyl (C=O) groups excluding carboxylic acids is 1. The van der Waals surface area contributed by atoms with Gasteiger partial charge < -0.3 is 20.5 Å². The number of allylic oxidation sites excluding steroid dienone is 2. The molecule has 2 aromatic rings. The van der Waals surface area contributed by atoms with Crippen LogP contribution in [0.2, 0.25) is 0 Å². The van der Waals surface area contributed by atoms with Gasteiger partial charge in [-0.25, -0.2) is 4.79 Å². The number of ether oxygens (including phenoxy) is 1. The summed E-state index contributed by atoms with van der Waals surface area (Å²) in [5.41, 5.74) is 2.43. The average molecular weight is 453 g/mol. The maximum Gasteiger partial charge on any atom is 0.326 e. The summed E-state index contributed by atoms with van der Waals surface area (Å²) < 4.78 is 5.47. The summed E-state index contributed by atoms with van der Waals surface area (Å²) in [5.74, 6) is 0.193. The lowest BCUT2D eigenvalue weighted by atomic mass is 10.1. The lowest BCUT2D eigenvalue weighted by Gasteiger charge is -2.19. The fourth-order valence-corrected chi connectivity index (χ4v) is 3.41. The number of benzene rings is 2. The van der Waals surface area contributed by atoms with E-state index in [1.165, 1.54) is 0 Å². The van der Waals surface area contributed by atoms with Crippen molar-refractivity contribution in [3.63, 3.8) is 0 Å². The Morgan fingerprint density at radius 1 is 1.06 bits per heavy atom. The van der Waals surface area contributed by atoms with Crippen LogP contribution in [0.3, 0.4) is 0 Å². The SMILES string of the molecule is COc1cc(CNC(=O)CCCC/C=C/C(C)C)ccc1N[C@@H](Cc1ccccc1)C(=O)O. The predicted molar refractivity (Wildman–Crippen MR) is 132 cm³/mol. The van der Waals surface area contributed by atoms with Gasteiger partial charge in [0.15, 0.2) is 0 Å². The zero-order chi connectivity index (χ0) is 24.1. The van der Waals surface area contributed by atoms with Crippen LogP contribution in [0.5, 0.6) is 5.75 Å². The van der Waals surface area contributed by atoms with Gasteiger partial charge in [-0.05, 0) is 48.4 Å². The Morgan fingerprint density at radius 2 is 1.82 bits per heavy atom. The quantitative estimate of drug-likeness (QED) is 0.271. The Morgan fingerprint density at radius 3 is 2.48 bits per heavy atom. The molecule has 1 amide bonds. The summed E-state index contributed by atoms with van der Waals surface area (Å²) in [7, 11) is 1.55. The minimum Gasteiger partial charge on any atom is -0.495 e. The van der Waals surface area contributed by atoms with Gasteiger partial charge in [-0.1, -0.05) is 62.4 Å². The van der Waals surface area contributed by atoms with E-state index in [9.17, 15) is 14.7 Å². The molecule has 178 valence electrons. The highest BCUT2D eigenvalue weighted by Crippen LogP contribution is 2.27. The van der Waals surface area contributed by atoms with E-state index in [0.29, 0.717) is 36.7 Å². The van der Waals surface area contributed by atoms with E-state index >= 15 is 0 Å². The van der Waals surface area contributed by atoms with Crippen LogP contribution in [0.15, 0.2) is 60.7 Å². The molecular formula is C27H36N2O4. The van der Waals surface area contributed by atoms with Gasteiger partial charge in [0.25, 0.3) is 0 Å². The van der Waals surface area contributed by atoms with E-state index in [-0.39, 0.29) is 5.91 Å². The molecule has 0 bridgehead atoms. The van der Waals surface area contributed by atoms with E-state index in [4.69, 9.17) is 4.74 Å². The Bertz CT molecular complexity index is 910. The van der Waals surface area contributed by atoms with Crippen molar-refractivity contribution in [3.8, 4) is 5.75 Å². The largest absolute Gasteiger partial charge is 0.495 e. The molecule has 33 heavy (non-hydrogen) atoms. The van der Waals surface area contributed by atoms with Gasteiger partial charge in [0.1, 0.15) is 11.8 Å². The molecule has 0 aliphatic carbocycles. The van der Waals surface area contributed by atoms with Crippen molar-refractivity contribution >= 4 is 17.6 Å². The van der Waals surface area contributed by atoms with E-state index in [2.05, 4.69) is 36.6 Å². The number of carbonyl (C=O) groups is 2. The number of amides is 1. The lowest BCUT2D eigenvalue weighted by molar-refractivity contribution is -0.137. The molecule has 2 rings (SSSR count). The number of nitrogens with one attached hydrogen (secondary N) is 2. The predicted octanol–water partition coefficient (Wildman–Crippen LogP) is 5.19. The van der Waals surface area contributed by atoms with Crippen LogP contribution >= 0.6 is 0 Å². The zero-order valence-electron chi connectivity index (χ0n) is 19.8. The second-order valence-electron chi connectivity index (χ2n) is 8.45. The van der Waals surface area contributed by atoms with Crippen LogP contribution in [-0.2, 0) is 22.6 Å². The van der Waals surface area contributed by atoms with Crippen molar-refractivity contribution in [2.24, 2.45) is 5.92 Å². The molecule has 0 heterocycles. The Labute approximate surface area is 197 Å². The third-order valence-electron chi connectivity index (χ3n) is 5.21. The molecule has 0 aliphatic heterocycles. The maximum atomic E-state index is 12.1. The van der Waals surface area contributed by atoms with Crippen LogP contribution in [0.1, 0.15) is 50.7 Å². The van der Waals surface area contributed by atoms with Crippen molar-refractivity contribution in [2.45, 2.75) is 58.5 Å². The first-order valence-corrected chi connectivity index (χ1v) is 11.5. The molecule has 0 unspecified atom stereocenters. The summed E-state index contributed by atoms with van der Waals surface area (Å²) in [5, 5.41) is 15.7. The van der Waals surface area contributed by atoms with Crippen LogP contribution in [0.4, 0.5) is 5.69 Å². The second kappa shape index (κ2) is 14.0. The number of carboxylic acid groups (broad SMARTS) is 1. The van der Waals surface area contributed by atoms with Crippen LogP contribution in [0.25, 0.3) is 0 Å². The summed E-state index contributed by atoms with van der Waals surface area (Å²) >= 11 is 0. The van der Waals surface area contributed by atoms with E-state index < -0.39 is 12.0 Å². The van der Waals surface area contributed by atoms with Gasteiger partial charge in [0, 0.05) is 19.4 Å². The van der Waals surface area contributed by atoms with Crippen molar-refractivity contribution in [1.82, 2.24) is 5.32 Å². The van der Waals surface area contributed by atoms with Gasteiger partial charge in [-0.3, -0.25) is 4.79 Å². The minimum atomic E-state index is -0.933. The molecule has 0 aliphatic rings. The molecule has 0 saturated carbocycles. The third-order valence-corrected chi connectivity index (χ3v) is 5.21. The number of anilines is 1. The highest BCUT2D eigenvalue weighted by Gasteiger charge is 2.19. The minimum absolute atomic E-state index is 0.0257. The maximum absolute atomic E-state index is 12.1. The van der Waals surface area contributed by atoms with Crippen LogP contribution in [0, 0.1) is 5.92 Å². The smallest absolute Gasteiger partial charge is 0.326 e. The number of aliphatic carboxylic acids is 1. The highest BCUT2D eigenvalue weighted by molar-refractivity contribution is 5.79. The number of hydrogen-bond acceptors (Lipinski definition) is 4. The van der Waals surface area contributed by atoms with Gasteiger partial charge in [-0.2, -0.15) is 0 Å². The molecule has 0 fully saturated rings. The summed E-state index contributed by atoms with van der Waals surface area (Å²) in [4.78, 5) is 23.9. The van der Waals surface area contributed by atoms with Crippen LogP contribution < -0.4 is 15.4 Å². The fraction of sp³-hybridized carbons (Fsp3) is 0.407. The number of hydrogen-bond donors (Lipinski definition) is 3. The van der Waals surface area contributed by atoms with Crippen molar-refractivity contribution in [1.29, 1.82) is 0 Å². The summed E-state index contributed by atoms with van der Waals surface area (Å²) in [6.07, 6.45) is 8.08. The standard InChI is InChI=1S/C27H36N2O4/c1-20(2)11-7-4-5-10-14-26(30)28-19-22-15-16-23(25(18-22)33-3)29-24(27(31)32)17-21-12-8-6-9-13-21/h6-9,11-13,15-16,18,20,24,29H,4-5,10,14,17,19H2,1-3H3,(H,28,30)(H,31,32)/b11-7+/t24-/m0/s1. The number of carboxylic acids is 1. The van der Waals surface area contributed by atoms with E-state index in [1.54, 1.807) is 13.2 Å². The second-order valence-corrected chi connectivity index (χ2v) is 8.45. The van der Waals surface area contributed by atoms with E-state index in [1.807, 2.05) is 42.5 Å². The van der Waals surface area contributed by atoms with Crippen molar-refractivity contribution in [2.75, 3.05) is 12.4 Å². The normalized spacial score (nSPS) is 12.0. The Hall–Kier alpha value is -3.28. The molecule has 1 atom stereocenters. The lowest BCUT2D eigenvalue weighted by Crippen LogP contribution is -2.31. The molecule has 3 N–H and O–H groups in total. The fourth-order valence-electron chi connectivity index (χ4n) is 3.41. The number of unbranched alkanes of at least 4 members (excludes halogenated alkanes) is 2. The summed E-state index contributed by atoms with van der Waals surface area (Å²) in [6.45, 7) is 4.70. The highest BCUT2D eigenvalue weighted by atomic mass is 16.5. The third kappa shape index (κ3) is 9.81. The molecule has 6 nitrogen and oxygen atoms in total. The van der Waals surface area contributed by atoms with Crippen molar-refractivity contribution < 1.29 is 19.4 Å². The molecule has 6 heteroatoms. The van der Waals surface area contributed by atoms with Gasteiger partial charge in [-0.15, -0.1) is 0 Å². The molecule has 0 spiro atoms. The van der Waals surface area contributed by atoms with Crippen molar-refractivity contribution in [3.05, 3.63) is 71.8 Å². The summed E-state index contributed by atoms with van der Waals surface area (Å²) in [6, 6.07) is 14.2. The molecule has 0 aromatic heterocycles. The van der Waals surface area contributed by atoms with Crippen LogP contribution in [-0.4, -0.2) is 30.1 Å². The zero-order valence-corrected chi connectivity index (χ0v) is 19.8. The molecule has 2 aromatic carbocycles. The number of rotatable bonds is 14. The first kappa shape index (κ1) is 26.0. The number of methoxy groups -OCH3 is 1. The topological polar surface area (TPSA) is 87.7 Å². The Kier molecular flexibility index (Phi) is 11.0. The molecule has 0 radical (unpaired) electrons. The molecule has 0 saturated heterocycles. The first-order chi connectivity index (χ1) is 15.9. The molecular weight excluding hydrogens is 416 g/mol. The van der Waals surface area contributed by atoms with Gasteiger partial charge >= 0.3 is 5.97 Å². The van der Waals surface area contributed by atoms with Gasteiger partial charge in [0.2, 0.25) is 5.91 Å².